The van der Waals surface area contributed by atoms with Crippen molar-refractivity contribution in [2.45, 2.75) is 6.18 Å². The number of nitrogens with zero attached hydrogens (tertiary/aromatic N) is 2. The summed E-state index contributed by atoms with van der Waals surface area (Å²) in [6.45, 7) is -0.605. The molecule has 0 saturated heterocycles. The second-order valence-corrected chi connectivity index (χ2v) is 6.10. The van der Waals surface area contributed by atoms with Crippen LogP contribution in [0.1, 0.15) is 17.0 Å². The molecule has 0 saturated carbocycles. The first kappa shape index (κ1) is 20.7. The largest absolute Gasteiger partial charge is 0.507 e. The lowest BCUT2D eigenvalue weighted by Crippen LogP contribution is -2.07. The van der Waals surface area contributed by atoms with Crippen LogP contribution in [0.4, 0.5) is 13.2 Å². The number of alkyl halides is 3. The van der Waals surface area contributed by atoms with E-state index in [1.165, 1.54) is 12.1 Å². The summed E-state index contributed by atoms with van der Waals surface area (Å²) in [6.07, 6.45) is -2.41. The highest BCUT2D eigenvalue weighted by molar-refractivity contribution is 5.87. The highest BCUT2D eigenvalue weighted by Crippen LogP contribution is 2.29. The van der Waals surface area contributed by atoms with Crippen LogP contribution in [0.15, 0.2) is 60.4 Å². The Labute approximate surface area is 168 Å². The number of imidazole rings is 1. The van der Waals surface area contributed by atoms with E-state index in [2.05, 4.69) is 9.97 Å². The first-order valence-electron chi connectivity index (χ1n) is 8.57. The van der Waals surface area contributed by atoms with Crippen molar-refractivity contribution < 1.29 is 27.8 Å². The number of nitrogens with one attached hydrogen (secondary N) is 1. The van der Waals surface area contributed by atoms with Crippen LogP contribution in [0.5, 0.6) is 0 Å². The van der Waals surface area contributed by atoms with E-state index >= 15 is 0 Å². The molecule has 152 valence electrons. The highest BCUT2D eigenvalue weighted by Gasteiger charge is 2.30. The Balaban J connectivity index is 1.68. The third kappa shape index (κ3) is 4.86. The van der Waals surface area contributed by atoms with Crippen LogP contribution in [-0.4, -0.2) is 27.7 Å². The Hall–Kier alpha value is -4.06. The van der Waals surface area contributed by atoms with Crippen LogP contribution >= 0.6 is 0 Å². The number of hydrogen-bond acceptors (Lipinski definition) is 5. The summed E-state index contributed by atoms with van der Waals surface area (Å²) >= 11 is 0. The van der Waals surface area contributed by atoms with Crippen molar-refractivity contribution in [2.75, 3.05) is 6.61 Å². The van der Waals surface area contributed by atoms with Crippen LogP contribution in [0.25, 0.3) is 22.7 Å². The number of rotatable bonds is 5. The molecule has 3 rings (SSSR count). The molecule has 1 heterocycles. The fraction of sp³-hybridized carbons (Fsp3) is 0.0952. The first-order chi connectivity index (χ1) is 14.3. The quantitative estimate of drug-likeness (QED) is 0.275. The van der Waals surface area contributed by atoms with Crippen molar-refractivity contribution in [3.8, 4) is 6.07 Å². The van der Waals surface area contributed by atoms with Gasteiger partial charge in [-0.15, -0.1) is 0 Å². The molecular formula is C21H14F3N3O3. The topological polar surface area (TPSA) is 99.0 Å². The SMILES string of the molecule is N#C/C(=C(/O)COC(=O)C=Cc1cccc(C(F)(F)F)c1)c1nc2ccccc2[nH]1. The third-order valence-corrected chi connectivity index (χ3v) is 4.00. The highest BCUT2D eigenvalue weighted by atomic mass is 19.4. The van der Waals surface area contributed by atoms with E-state index in [9.17, 15) is 28.3 Å². The van der Waals surface area contributed by atoms with Crippen molar-refractivity contribution in [3.63, 3.8) is 0 Å². The summed E-state index contributed by atoms with van der Waals surface area (Å²) in [4.78, 5) is 18.9. The number of carbonyl (C=O) groups is 1. The minimum absolute atomic E-state index is 0.117. The first-order valence-corrected chi connectivity index (χ1v) is 8.57. The van der Waals surface area contributed by atoms with Crippen molar-refractivity contribution >= 4 is 28.7 Å². The number of aromatic amines is 1. The summed E-state index contributed by atoms with van der Waals surface area (Å²) in [5.41, 5.74) is 0.369. The van der Waals surface area contributed by atoms with Gasteiger partial charge in [0.2, 0.25) is 0 Å². The average Bonchev–Trinajstić information content (AvgIpc) is 3.14. The Morgan fingerprint density at radius 3 is 2.70 bits per heavy atom. The second kappa shape index (κ2) is 8.53. The van der Waals surface area contributed by atoms with Crippen LogP contribution in [0, 0.1) is 11.3 Å². The smallest absolute Gasteiger partial charge is 0.416 e. The van der Waals surface area contributed by atoms with Crippen LogP contribution in [0.3, 0.4) is 0 Å². The molecule has 0 radical (unpaired) electrons. The van der Waals surface area contributed by atoms with Gasteiger partial charge in [-0.1, -0.05) is 24.3 Å². The average molecular weight is 413 g/mol. The maximum Gasteiger partial charge on any atom is 0.416 e. The fourth-order valence-electron chi connectivity index (χ4n) is 2.57. The molecule has 30 heavy (non-hydrogen) atoms. The number of fused-ring (bicyclic) bond motifs is 1. The van der Waals surface area contributed by atoms with Crippen molar-refractivity contribution in [3.05, 3.63) is 77.3 Å². The molecule has 0 spiro atoms. The number of aliphatic hydroxyl groups is 1. The lowest BCUT2D eigenvalue weighted by molar-refractivity contribution is -0.138. The lowest BCUT2D eigenvalue weighted by Gasteiger charge is -2.06. The Morgan fingerprint density at radius 1 is 1.23 bits per heavy atom. The maximum atomic E-state index is 12.7. The van der Waals surface area contributed by atoms with E-state index in [0.29, 0.717) is 11.0 Å². The van der Waals surface area contributed by atoms with Crippen LogP contribution in [-0.2, 0) is 15.7 Å². The van der Waals surface area contributed by atoms with Gasteiger partial charge in [-0.25, -0.2) is 9.78 Å². The molecule has 2 aromatic carbocycles. The second-order valence-electron chi connectivity index (χ2n) is 6.10. The zero-order chi connectivity index (χ0) is 21.7. The number of carbonyl (C=O) groups excluding carboxylic acids is 1. The number of allylic oxidation sites excluding steroid dienone is 1. The normalized spacial score (nSPS) is 12.6. The van der Waals surface area contributed by atoms with Crippen molar-refractivity contribution in [1.29, 1.82) is 5.26 Å². The molecule has 6 nitrogen and oxygen atoms in total. The third-order valence-electron chi connectivity index (χ3n) is 4.00. The van der Waals surface area contributed by atoms with Gasteiger partial charge in [0, 0.05) is 6.08 Å². The van der Waals surface area contributed by atoms with Crippen LogP contribution < -0.4 is 0 Å². The Bertz CT molecular complexity index is 1150. The predicted molar refractivity (Wildman–Crippen MR) is 103 cm³/mol. The number of aromatic nitrogens is 2. The number of hydrogen-bond donors (Lipinski definition) is 2. The number of aliphatic hydroxyl groups excluding tert-OH is 1. The Kier molecular flexibility index (Phi) is 5.88. The van der Waals surface area contributed by atoms with Gasteiger partial charge in [-0.2, -0.15) is 18.4 Å². The predicted octanol–water partition coefficient (Wildman–Crippen LogP) is 4.63. The summed E-state index contributed by atoms with van der Waals surface area (Å²) < 4.78 is 43.0. The summed E-state index contributed by atoms with van der Waals surface area (Å²) in [6, 6.07) is 13.2. The number of nitriles is 1. The molecule has 0 aliphatic rings. The molecule has 0 unspecified atom stereocenters. The summed E-state index contributed by atoms with van der Waals surface area (Å²) in [5, 5.41) is 19.4. The van der Waals surface area contributed by atoms with Gasteiger partial charge in [-0.3, -0.25) is 0 Å². The van der Waals surface area contributed by atoms with Crippen LogP contribution in [0.2, 0.25) is 0 Å². The van der Waals surface area contributed by atoms with Gasteiger partial charge in [0.15, 0.2) is 11.6 Å². The van der Waals surface area contributed by atoms with Crippen molar-refractivity contribution in [1.82, 2.24) is 9.97 Å². The number of esters is 1. The number of H-pyrrole nitrogens is 1. The zero-order valence-electron chi connectivity index (χ0n) is 15.3. The van der Waals surface area contributed by atoms with E-state index in [0.717, 1.165) is 24.3 Å². The number of benzene rings is 2. The minimum atomic E-state index is -4.49. The number of ether oxygens (including phenoxy) is 1. The lowest BCUT2D eigenvalue weighted by atomic mass is 10.1. The van der Waals surface area contributed by atoms with Gasteiger partial charge >= 0.3 is 12.1 Å². The molecule has 0 amide bonds. The Morgan fingerprint density at radius 2 is 2.00 bits per heavy atom. The summed E-state index contributed by atoms with van der Waals surface area (Å²) in [5.74, 6) is -1.30. The van der Waals surface area contributed by atoms with Gasteiger partial charge in [0.05, 0.1) is 16.6 Å². The van der Waals surface area contributed by atoms with E-state index in [1.54, 1.807) is 30.3 Å². The molecule has 0 aliphatic carbocycles. The van der Waals surface area contributed by atoms with Gasteiger partial charge < -0.3 is 14.8 Å². The van der Waals surface area contributed by atoms with E-state index in [-0.39, 0.29) is 17.0 Å². The van der Waals surface area contributed by atoms with E-state index in [4.69, 9.17) is 4.74 Å². The molecule has 2 N–H and O–H groups in total. The fourth-order valence-corrected chi connectivity index (χ4v) is 2.57. The number of para-hydroxylation sites is 2. The minimum Gasteiger partial charge on any atom is -0.507 e. The molecular weight excluding hydrogens is 399 g/mol. The molecule has 0 aliphatic heterocycles. The molecule has 1 aromatic heterocycles. The van der Waals surface area contributed by atoms with E-state index in [1.807, 2.05) is 0 Å². The van der Waals surface area contributed by atoms with Gasteiger partial charge in [0.25, 0.3) is 0 Å². The standard InChI is InChI=1S/C21H14F3N3O3/c22-21(23,24)14-5-3-4-13(10-14)8-9-19(29)30-12-18(28)15(11-25)20-26-16-6-1-2-7-17(16)27-20/h1-10,28H,12H2,(H,26,27)/b9-8?,18-15-. The zero-order valence-corrected chi connectivity index (χ0v) is 15.3. The summed E-state index contributed by atoms with van der Waals surface area (Å²) in [7, 11) is 0. The molecule has 0 bridgehead atoms. The molecule has 0 atom stereocenters. The van der Waals surface area contributed by atoms with Gasteiger partial charge in [-0.05, 0) is 35.9 Å². The molecule has 0 fully saturated rings. The van der Waals surface area contributed by atoms with E-state index < -0.39 is 30.1 Å². The molecule has 9 heteroatoms. The van der Waals surface area contributed by atoms with Crippen molar-refractivity contribution in [2.24, 2.45) is 0 Å². The maximum absolute atomic E-state index is 12.7. The monoisotopic (exact) mass is 413 g/mol. The molecule has 3 aromatic rings. The number of halogens is 3. The van der Waals surface area contributed by atoms with Gasteiger partial charge in [0.1, 0.15) is 18.2 Å².